The van der Waals surface area contributed by atoms with Crippen LogP contribution in [-0.2, 0) is 6.61 Å². The summed E-state index contributed by atoms with van der Waals surface area (Å²) in [7, 11) is 2.10. The number of ether oxygens (including phenoxy) is 2. The highest BCUT2D eigenvalue weighted by atomic mass is 19.1. The molecule has 0 aliphatic carbocycles. The number of nitrogens with zero attached hydrogens (tertiary/aromatic N) is 2. The van der Waals surface area contributed by atoms with Gasteiger partial charge in [0.05, 0.1) is 5.52 Å². The van der Waals surface area contributed by atoms with Gasteiger partial charge in [-0.05, 0) is 74.0 Å². The number of H-pyrrole nitrogens is 1. The minimum atomic E-state index is -0.662. The molecule has 2 N–H and O–H groups in total. The Morgan fingerprint density at radius 2 is 1.83 bits per heavy atom. The van der Waals surface area contributed by atoms with E-state index >= 15 is 0 Å². The SMILES string of the molecule is CN1CCC(Oc2cccc(C(=O)Nc3n[nH]c4ccc(OCc5cc(F)cc(F)c5)cc34)c2)CC1. The Kier molecular flexibility index (Phi) is 6.81. The second-order valence-electron chi connectivity index (χ2n) is 8.95. The van der Waals surface area contributed by atoms with Gasteiger partial charge in [-0.25, -0.2) is 8.78 Å². The molecule has 7 nitrogen and oxygen atoms in total. The molecule has 1 aromatic heterocycles. The van der Waals surface area contributed by atoms with E-state index in [2.05, 4.69) is 27.5 Å². The molecule has 1 saturated heterocycles. The summed E-state index contributed by atoms with van der Waals surface area (Å²) in [4.78, 5) is 15.2. The number of hydrogen-bond donors (Lipinski definition) is 2. The van der Waals surface area contributed by atoms with E-state index < -0.39 is 11.6 Å². The summed E-state index contributed by atoms with van der Waals surface area (Å²) in [6, 6.07) is 15.5. The zero-order chi connectivity index (χ0) is 25.1. The predicted octanol–water partition coefficient (Wildman–Crippen LogP) is 5.15. The maximum Gasteiger partial charge on any atom is 0.257 e. The third-order valence-corrected chi connectivity index (χ3v) is 6.16. The second-order valence-corrected chi connectivity index (χ2v) is 8.95. The Morgan fingerprint density at radius 3 is 2.61 bits per heavy atom. The van der Waals surface area contributed by atoms with Crippen molar-refractivity contribution < 1.29 is 23.0 Å². The van der Waals surface area contributed by atoms with Crippen molar-refractivity contribution in [2.75, 3.05) is 25.5 Å². The van der Waals surface area contributed by atoms with Crippen LogP contribution in [-0.4, -0.2) is 47.2 Å². The molecule has 1 amide bonds. The number of halogens is 2. The van der Waals surface area contributed by atoms with Crippen molar-refractivity contribution in [2.45, 2.75) is 25.6 Å². The van der Waals surface area contributed by atoms with Crippen molar-refractivity contribution >= 4 is 22.6 Å². The van der Waals surface area contributed by atoms with E-state index in [1.54, 1.807) is 36.4 Å². The molecule has 5 rings (SSSR count). The zero-order valence-corrected chi connectivity index (χ0v) is 19.8. The Hall–Kier alpha value is -3.98. The third-order valence-electron chi connectivity index (χ3n) is 6.16. The molecule has 0 unspecified atom stereocenters. The van der Waals surface area contributed by atoms with Crippen LogP contribution in [0.5, 0.6) is 11.5 Å². The maximum atomic E-state index is 13.4. The van der Waals surface area contributed by atoms with Gasteiger partial charge in [-0.2, -0.15) is 5.10 Å². The second kappa shape index (κ2) is 10.3. The van der Waals surface area contributed by atoms with Crippen LogP contribution in [0.1, 0.15) is 28.8 Å². The van der Waals surface area contributed by atoms with Crippen molar-refractivity contribution in [3.8, 4) is 11.5 Å². The van der Waals surface area contributed by atoms with Crippen LogP contribution < -0.4 is 14.8 Å². The Labute approximate surface area is 207 Å². The first-order chi connectivity index (χ1) is 17.4. The lowest BCUT2D eigenvalue weighted by molar-refractivity contribution is 0.102. The van der Waals surface area contributed by atoms with E-state index in [9.17, 15) is 13.6 Å². The van der Waals surface area contributed by atoms with Gasteiger partial charge < -0.3 is 19.7 Å². The highest BCUT2D eigenvalue weighted by molar-refractivity contribution is 6.08. The van der Waals surface area contributed by atoms with Crippen molar-refractivity contribution in [3.63, 3.8) is 0 Å². The van der Waals surface area contributed by atoms with Crippen LogP contribution >= 0.6 is 0 Å². The van der Waals surface area contributed by atoms with E-state index in [4.69, 9.17) is 9.47 Å². The van der Waals surface area contributed by atoms with E-state index in [1.807, 2.05) is 6.07 Å². The van der Waals surface area contributed by atoms with Gasteiger partial charge in [-0.3, -0.25) is 9.89 Å². The third kappa shape index (κ3) is 5.63. The van der Waals surface area contributed by atoms with Crippen LogP contribution in [0.15, 0.2) is 60.7 Å². The van der Waals surface area contributed by atoms with Gasteiger partial charge in [0.2, 0.25) is 0 Å². The number of carbonyl (C=O) groups excluding carboxylic acids is 1. The van der Waals surface area contributed by atoms with Gasteiger partial charge in [0, 0.05) is 30.1 Å². The zero-order valence-electron chi connectivity index (χ0n) is 19.8. The maximum absolute atomic E-state index is 13.4. The van der Waals surface area contributed by atoms with Crippen molar-refractivity contribution in [3.05, 3.63) is 83.4 Å². The quantitative estimate of drug-likeness (QED) is 0.373. The highest BCUT2D eigenvalue weighted by Crippen LogP contribution is 2.27. The number of carbonyl (C=O) groups is 1. The Bertz CT molecular complexity index is 1360. The number of amides is 1. The molecular formula is C27H26F2N4O3. The van der Waals surface area contributed by atoms with E-state index in [0.717, 1.165) is 32.0 Å². The summed E-state index contributed by atoms with van der Waals surface area (Å²) >= 11 is 0. The molecule has 1 aliphatic heterocycles. The van der Waals surface area contributed by atoms with Crippen LogP contribution in [0.3, 0.4) is 0 Å². The fourth-order valence-corrected chi connectivity index (χ4v) is 4.22. The first-order valence-corrected chi connectivity index (χ1v) is 11.8. The standard InChI is InChI=1S/C27H26F2N4O3/c1-33-9-7-21(8-10-33)36-23-4-2-3-18(13-23)27(34)30-26-24-15-22(5-6-25(24)31-32-26)35-16-17-11-19(28)14-20(29)12-17/h2-6,11-15,21H,7-10,16H2,1H3,(H2,30,31,32,34). The Balaban J connectivity index is 1.27. The molecule has 0 bridgehead atoms. The normalized spacial score (nSPS) is 14.6. The molecule has 3 aromatic carbocycles. The fourth-order valence-electron chi connectivity index (χ4n) is 4.22. The number of benzene rings is 3. The fraction of sp³-hybridized carbons (Fsp3) is 0.259. The molecule has 2 heterocycles. The van der Waals surface area contributed by atoms with E-state index in [0.29, 0.717) is 39.3 Å². The van der Waals surface area contributed by atoms with Crippen molar-refractivity contribution in [1.29, 1.82) is 0 Å². The molecule has 36 heavy (non-hydrogen) atoms. The number of nitrogens with one attached hydrogen (secondary N) is 2. The average molecular weight is 493 g/mol. The van der Waals surface area contributed by atoms with Crippen LogP contribution in [0.2, 0.25) is 0 Å². The van der Waals surface area contributed by atoms with Crippen LogP contribution in [0, 0.1) is 11.6 Å². The number of aromatic nitrogens is 2. The van der Waals surface area contributed by atoms with Gasteiger partial charge >= 0.3 is 0 Å². The predicted molar refractivity (Wildman–Crippen MR) is 132 cm³/mol. The van der Waals surface area contributed by atoms with Crippen molar-refractivity contribution in [1.82, 2.24) is 15.1 Å². The lowest BCUT2D eigenvalue weighted by atomic mass is 10.1. The van der Waals surface area contributed by atoms with E-state index in [1.165, 1.54) is 12.1 Å². The molecule has 186 valence electrons. The number of hydrogen-bond acceptors (Lipinski definition) is 5. The number of likely N-dealkylation sites (tertiary alicyclic amines) is 1. The molecule has 0 saturated carbocycles. The summed E-state index contributed by atoms with van der Waals surface area (Å²) in [6.45, 7) is 1.97. The largest absolute Gasteiger partial charge is 0.490 e. The number of anilines is 1. The Morgan fingerprint density at radius 1 is 1.06 bits per heavy atom. The lowest BCUT2D eigenvalue weighted by Gasteiger charge is -2.29. The summed E-state index contributed by atoms with van der Waals surface area (Å²) in [5.74, 6) is -0.168. The van der Waals surface area contributed by atoms with Crippen molar-refractivity contribution in [2.24, 2.45) is 0 Å². The molecule has 1 aliphatic rings. The van der Waals surface area contributed by atoms with Gasteiger partial charge in [0.15, 0.2) is 5.82 Å². The first-order valence-electron chi connectivity index (χ1n) is 11.8. The summed E-state index contributed by atoms with van der Waals surface area (Å²) in [5.41, 5.74) is 1.53. The summed E-state index contributed by atoms with van der Waals surface area (Å²) in [5, 5.41) is 10.6. The smallest absolute Gasteiger partial charge is 0.257 e. The average Bonchev–Trinajstić information content (AvgIpc) is 3.25. The molecule has 0 spiro atoms. The van der Waals surface area contributed by atoms with E-state index in [-0.39, 0.29) is 18.6 Å². The molecule has 0 radical (unpaired) electrons. The monoisotopic (exact) mass is 492 g/mol. The first kappa shape index (κ1) is 23.7. The van der Waals surface area contributed by atoms with Crippen LogP contribution in [0.25, 0.3) is 10.9 Å². The molecular weight excluding hydrogens is 466 g/mol. The number of rotatable bonds is 7. The minimum absolute atomic E-state index is 0.0101. The number of piperidine rings is 1. The van der Waals surface area contributed by atoms with Gasteiger partial charge in [0.1, 0.15) is 35.8 Å². The summed E-state index contributed by atoms with van der Waals surface area (Å²) < 4.78 is 38.7. The van der Waals surface area contributed by atoms with Gasteiger partial charge in [-0.15, -0.1) is 0 Å². The molecule has 0 atom stereocenters. The summed E-state index contributed by atoms with van der Waals surface area (Å²) in [6.07, 6.45) is 2.03. The van der Waals surface area contributed by atoms with Crippen LogP contribution in [0.4, 0.5) is 14.6 Å². The van der Waals surface area contributed by atoms with Gasteiger partial charge in [0.25, 0.3) is 5.91 Å². The highest BCUT2D eigenvalue weighted by Gasteiger charge is 2.19. The molecule has 9 heteroatoms. The topological polar surface area (TPSA) is 79.5 Å². The molecule has 4 aromatic rings. The number of fused-ring (bicyclic) bond motifs is 1. The minimum Gasteiger partial charge on any atom is -0.490 e. The number of aromatic amines is 1. The molecule has 1 fully saturated rings. The lowest BCUT2D eigenvalue weighted by Crippen LogP contribution is -2.35. The van der Waals surface area contributed by atoms with Gasteiger partial charge in [-0.1, -0.05) is 6.07 Å².